The first-order chi connectivity index (χ1) is 8.74. The number of alkyl halides is 3. The van der Waals surface area contributed by atoms with Gasteiger partial charge < -0.3 is 5.11 Å². The average Bonchev–Trinajstić information content (AvgIpc) is 2.30. The van der Waals surface area contributed by atoms with Crippen molar-refractivity contribution in [2.75, 3.05) is 0 Å². The zero-order valence-electron chi connectivity index (χ0n) is 11.6. The molecule has 0 aromatic heterocycles. The molecule has 0 heterocycles. The minimum Gasteiger partial charge on any atom is -0.376 e. The van der Waals surface area contributed by atoms with E-state index >= 15 is 0 Å². The Bertz CT molecular complexity index is 422. The molecule has 1 rings (SSSR count). The zero-order valence-corrected chi connectivity index (χ0v) is 11.6. The molecule has 0 saturated carbocycles. The fourth-order valence-corrected chi connectivity index (χ4v) is 2.11. The number of hydrogen-bond acceptors (Lipinski definition) is 1. The molecule has 0 aliphatic carbocycles. The van der Waals surface area contributed by atoms with E-state index in [4.69, 9.17) is 0 Å². The van der Waals surface area contributed by atoms with Crippen LogP contribution in [0.25, 0.3) is 0 Å². The van der Waals surface area contributed by atoms with Gasteiger partial charge in [0.05, 0.1) is 0 Å². The molecule has 108 valence electrons. The third-order valence-corrected chi connectivity index (χ3v) is 3.36. The van der Waals surface area contributed by atoms with E-state index in [1.807, 2.05) is 13.8 Å². The average molecular weight is 274 g/mol. The Morgan fingerprint density at radius 2 is 1.53 bits per heavy atom. The highest BCUT2D eigenvalue weighted by Crippen LogP contribution is 2.39. The van der Waals surface area contributed by atoms with Crippen LogP contribution < -0.4 is 0 Å². The molecule has 1 nitrogen and oxygen atoms in total. The zero-order chi connectivity index (χ0) is 14.7. The van der Waals surface area contributed by atoms with Crippen molar-refractivity contribution in [3.8, 4) is 0 Å². The molecule has 0 spiro atoms. The van der Waals surface area contributed by atoms with E-state index in [0.29, 0.717) is 0 Å². The molecule has 0 saturated heterocycles. The molecule has 0 bridgehead atoms. The lowest BCUT2D eigenvalue weighted by atomic mass is 9.89. The van der Waals surface area contributed by atoms with Gasteiger partial charge in [0.2, 0.25) is 0 Å². The lowest BCUT2D eigenvalue weighted by Gasteiger charge is -2.27. The monoisotopic (exact) mass is 274 g/mol. The molecule has 0 amide bonds. The largest absolute Gasteiger partial charge is 0.421 e. The van der Waals surface area contributed by atoms with Crippen LogP contribution in [-0.2, 0) is 18.4 Å². The third-order valence-electron chi connectivity index (χ3n) is 3.36. The van der Waals surface area contributed by atoms with Crippen LogP contribution in [0.15, 0.2) is 18.2 Å². The second kappa shape index (κ2) is 5.95. The molecule has 0 radical (unpaired) electrons. The maximum absolute atomic E-state index is 12.8. The van der Waals surface area contributed by atoms with Gasteiger partial charge in [-0.2, -0.15) is 13.2 Å². The molecule has 4 heteroatoms. The molecule has 1 atom stereocenters. The highest BCUT2D eigenvalue weighted by atomic mass is 19.4. The Labute approximate surface area is 112 Å². The molecule has 1 N–H and O–H groups in total. The lowest BCUT2D eigenvalue weighted by molar-refractivity contribution is -0.258. The first-order valence-electron chi connectivity index (χ1n) is 6.65. The number of benzene rings is 1. The van der Waals surface area contributed by atoms with E-state index in [0.717, 1.165) is 43.7 Å². The van der Waals surface area contributed by atoms with Crippen molar-refractivity contribution in [2.24, 2.45) is 0 Å². The van der Waals surface area contributed by atoms with Gasteiger partial charge in [0.15, 0.2) is 5.60 Å². The van der Waals surface area contributed by atoms with Gasteiger partial charge >= 0.3 is 6.18 Å². The second-order valence-electron chi connectivity index (χ2n) is 5.05. The summed E-state index contributed by atoms with van der Waals surface area (Å²) in [6, 6.07) is 4.60. The molecule has 0 fully saturated rings. The van der Waals surface area contributed by atoms with Crippen molar-refractivity contribution in [3.63, 3.8) is 0 Å². The summed E-state index contributed by atoms with van der Waals surface area (Å²) in [5.41, 5.74) is -0.888. The van der Waals surface area contributed by atoms with Crippen LogP contribution in [0.2, 0.25) is 0 Å². The summed E-state index contributed by atoms with van der Waals surface area (Å²) in [5.74, 6) is 0. The summed E-state index contributed by atoms with van der Waals surface area (Å²) < 4.78 is 38.5. The number of aliphatic hydroxyl groups is 1. The van der Waals surface area contributed by atoms with Gasteiger partial charge in [-0.1, -0.05) is 44.9 Å². The SMILES string of the molecule is CCCc1ccc(C(C)(O)C(F)(F)F)cc1CCC. The van der Waals surface area contributed by atoms with Crippen LogP contribution >= 0.6 is 0 Å². The lowest BCUT2D eigenvalue weighted by Crippen LogP contribution is -2.39. The summed E-state index contributed by atoms with van der Waals surface area (Å²) in [6.07, 6.45) is -1.26. The predicted octanol–water partition coefficient (Wildman–Crippen LogP) is 4.36. The van der Waals surface area contributed by atoms with Gasteiger partial charge in [-0.15, -0.1) is 0 Å². The first kappa shape index (κ1) is 16.0. The van der Waals surface area contributed by atoms with Crippen LogP contribution in [0.3, 0.4) is 0 Å². The summed E-state index contributed by atoms with van der Waals surface area (Å²) in [7, 11) is 0. The van der Waals surface area contributed by atoms with Gasteiger partial charge in [-0.3, -0.25) is 0 Å². The van der Waals surface area contributed by atoms with Crippen LogP contribution in [-0.4, -0.2) is 11.3 Å². The fourth-order valence-electron chi connectivity index (χ4n) is 2.11. The van der Waals surface area contributed by atoms with Crippen molar-refractivity contribution < 1.29 is 18.3 Å². The van der Waals surface area contributed by atoms with Crippen LogP contribution in [0, 0.1) is 0 Å². The summed E-state index contributed by atoms with van der Waals surface area (Å²) in [4.78, 5) is 0. The summed E-state index contributed by atoms with van der Waals surface area (Å²) >= 11 is 0. The standard InChI is InChI=1S/C15H21F3O/c1-4-6-11-8-9-13(10-12(11)7-5-2)14(3,19)15(16,17)18/h8-10,19H,4-7H2,1-3H3. The summed E-state index contributed by atoms with van der Waals surface area (Å²) in [5, 5.41) is 9.71. The first-order valence-corrected chi connectivity index (χ1v) is 6.65. The van der Waals surface area contributed by atoms with E-state index in [9.17, 15) is 18.3 Å². The second-order valence-corrected chi connectivity index (χ2v) is 5.05. The van der Waals surface area contributed by atoms with Gasteiger partial charge in [-0.05, 0) is 36.5 Å². The van der Waals surface area contributed by atoms with E-state index < -0.39 is 11.8 Å². The number of aryl methyl sites for hydroxylation is 2. The van der Waals surface area contributed by atoms with Gasteiger partial charge in [0, 0.05) is 0 Å². The minimum atomic E-state index is -4.66. The Morgan fingerprint density at radius 1 is 1.00 bits per heavy atom. The van der Waals surface area contributed by atoms with E-state index in [2.05, 4.69) is 0 Å². The Balaban J connectivity index is 3.21. The predicted molar refractivity (Wildman–Crippen MR) is 70.1 cm³/mol. The molecule has 0 aliphatic heterocycles. The molecule has 0 aliphatic rings. The third kappa shape index (κ3) is 3.50. The van der Waals surface area contributed by atoms with Crippen molar-refractivity contribution in [3.05, 3.63) is 34.9 Å². The minimum absolute atomic E-state index is 0.0803. The Morgan fingerprint density at radius 3 is 2.00 bits per heavy atom. The van der Waals surface area contributed by atoms with E-state index in [1.54, 1.807) is 6.07 Å². The van der Waals surface area contributed by atoms with Crippen molar-refractivity contribution in [1.82, 2.24) is 0 Å². The van der Waals surface area contributed by atoms with Gasteiger partial charge in [-0.25, -0.2) is 0 Å². The Kier molecular flexibility index (Phi) is 5.02. The van der Waals surface area contributed by atoms with Crippen LogP contribution in [0.5, 0.6) is 0 Å². The molecule has 19 heavy (non-hydrogen) atoms. The van der Waals surface area contributed by atoms with Gasteiger partial charge in [0.25, 0.3) is 0 Å². The molecule has 1 aromatic rings. The Hall–Kier alpha value is -1.03. The van der Waals surface area contributed by atoms with Gasteiger partial charge in [0.1, 0.15) is 0 Å². The quantitative estimate of drug-likeness (QED) is 0.845. The highest BCUT2D eigenvalue weighted by molar-refractivity contribution is 5.35. The smallest absolute Gasteiger partial charge is 0.376 e. The van der Waals surface area contributed by atoms with E-state index in [1.165, 1.54) is 12.1 Å². The summed E-state index contributed by atoms with van der Waals surface area (Å²) in [6.45, 7) is 4.83. The maximum Gasteiger partial charge on any atom is 0.421 e. The molecular weight excluding hydrogens is 253 g/mol. The van der Waals surface area contributed by atoms with Crippen LogP contribution in [0.4, 0.5) is 13.2 Å². The maximum atomic E-state index is 12.8. The number of hydrogen-bond donors (Lipinski definition) is 1. The van der Waals surface area contributed by atoms with Crippen molar-refractivity contribution >= 4 is 0 Å². The van der Waals surface area contributed by atoms with Crippen molar-refractivity contribution in [2.45, 2.75) is 58.2 Å². The molecular formula is C15H21F3O. The van der Waals surface area contributed by atoms with Crippen molar-refractivity contribution in [1.29, 1.82) is 0 Å². The number of rotatable bonds is 5. The molecule has 1 aromatic carbocycles. The van der Waals surface area contributed by atoms with E-state index in [-0.39, 0.29) is 5.56 Å². The number of halogens is 3. The fraction of sp³-hybridized carbons (Fsp3) is 0.600. The topological polar surface area (TPSA) is 20.2 Å². The molecule has 1 unspecified atom stereocenters. The normalized spacial score (nSPS) is 15.3. The van der Waals surface area contributed by atoms with Crippen LogP contribution in [0.1, 0.15) is 50.3 Å². The highest BCUT2D eigenvalue weighted by Gasteiger charge is 2.51.